The molecule has 0 aliphatic heterocycles. The summed E-state index contributed by atoms with van der Waals surface area (Å²) < 4.78 is 6.71. The Morgan fingerprint density at radius 1 is 1.29 bits per heavy atom. The fourth-order valence-electron chi connectivity index (χ4n) is 1.63. The predicted molar refractivity (Wildman–Crippen MR) is 87.0 cm³/mol. The minimum atomic E-state index is -0.527. The molecule has 0 radical (unpaired) electrons. The average Bonchev–Trinajstić information content (AvgIpc) is 2.41. The van der Waals surface area contributed by atoms with Gasteiger partial charge in [-0.05, 0) is 37.9 Å². The summed E-state index contributed by atoms with van der Waals surface area (Å²) in [5.41, 5.74) is 6.08. The molecule has 0 bridgehead atoms. The molecular formula is C12H10Br2N4O3. The summed E-state index contributed by atoms with van der Waals surface area (Å²) in [6.45, 7) is 0. The first kappa shape index (κ1) is 15.5. The molecule has 0 atom stereocenters. The van der Waals surface area contributed by atoms with Gasteiger partial charge in [0.15, 0.2) is 0 Å². The van der Waals surface area contributed by atoms with Crippen LogP contribution in [0.15, 0.2) is 33.2 Å². The molecule has 0 spiro atoms. The Kier molecular flexibility index (Phi) is 4.63. The van der Waals surface area contributed by atoms with E-state index in [2.05, 4.69) is 42.2 Å². The molecule has 1 aromatic carbocycles. The number of nitrogen functional groups attached to an aromatic ring is 1. The number of benzene rings is 1. The third kappa shape index (κ3) is 3.61. The van der Waals surface area contributed by atoms with E-state index >= 15 is 0 Å². The number of nitrogens with one attached hydrogen (secondary N) is 1. The lowest BCUT2D eigenvalue weighted by Crippen LogP contribution is -2.00. The van der Waals surface area contributed by atoms with Crippen LogP contribution in [0.3, 0.4) is 0 Å². The van der Waals surface area contributed by atoms with Crippen LogP contribution < -0.4 is 15.8 Å². The highest BCUT2D eigenvalue weighted by Gasteiger charge is 2.12. The van der Waals surface area contributed by atoms with Crippen LogP contribution in [0.2, 0.25) is 0 Å². The number of hydrogen-bond donors (Lipinski definition) is 2. The van der Waals surface area contributed by atoms with E-state index in [4.69, 9.17) is 10.5 Å². The molecule has 0 aliphatic rings. The highest BCUT2D eigenvalue weighted by atomic mass is 79.9. The molecule has 9 heteroatoms. The zero-order valence-corrected chi connectivity index (χ0v) is 13.9. The molecule has 0 saturated heterocycles. The van der Waals surface area contributed by atoms with Gasteiger partial charge in [-0.1, -0.05) is 0 Å². The summed E-state index contributed by atoms with van der Waals surface area (Å²) in [6, 6.07) is 6.02. The van der Waals surface area contributed by atoms with E-state index in [0.717, 1.165) is 8.95 Å². The quantitative estimate of drug-likeness (QED) is 0.578. The van der Waals surface area contributed by atoms with Crippen molar-refractivity contribution in [3.05, 3.63) is 43.3 Å². The molecule has 3 N–H and O–H groups in total. The lowest BCUT2D eigenvalue weighted by molar-refractivity contribution is -0.384. The maximum Gasteiger partial charge on any atom is 0.276 e. The van der Waals surface area contributed by atoms with E-state index in [1.165, 1.54) is 12.1 Å². The lowest BCUT2D eigenvalue weighted by Gasteiger charge is -2.11. The number of nitrogens with two attached hydrogens (primary N) is 1. The second-order valence-corrected chi connectivity index (χ2v) is 5.69. The van der Waals surface area contributed by atoms with Gasteiger partial charge in [0, 0.05) is 10.5 Å². The highest BCUT2D eigenvalue weighted by Crippen LogP contribution is 2.36. The predicted octanol–water partition coefficient (Wildman–Crippen LogP) is 3.85. The van der Waals surface area contributed by atoms with Crippen LogP contribution in [-0.4, -0.2) is 17.0 Å². The van der Waals surface area contributed by atoms with E-state index in [0.29, 0.717) is 11.4 Å². The van der Waals surface area contributed by atoms with Gasteiger partial charge in [0.25, 0.3) is 5.69 Å². The summed E-state index contributed by atoms with van der Waals surface area (Å²) in [5, 5.41) is 13.8. The van der Waals surface area contributed by atoms with E-state index in [1.54, 1.807) is 19.2 Å². The third-order valence-electron chi connectivity index (χ3n) is 2.54. The second kappa shape index (κ2) is 6.27. The number of nitro groups is 1. The molecule has 1 aromatic heterocycles. The van der Waals surface area contributed by atoms with Crippen LogP contribution in [0.25, 0.3) is 0 Å². The Hall–Kier alpha value is -1.87. The van der Waals surface area contributed by atoms with Crippen molar-refractivity contribution in [1.82, 2.24) is 4.98 Å². The molecule has 0 fully saturated rings. The first-order chi connectivity index (χ1) is 9.90. The SMILES string of the molecule is COc1cc(Nc2cc([N+](=O)[O-])cc(N)n2)c(Br)cc1Br. The standard InChI is InChI=1S/C12H10Br2N4O3/c1-21-10-5-9(7(13)4-8(10)14)16-12-3-6(18(19)20)2-11(15)17-12/h2-5H,1H3,(H3,15,16,17). The zero-order chi connectivity index (χ0) is 15.6. The van der Waals surface area contributed by atoms with Gasteiger partial charge in [-0.3, -0.25) is 10.1 Å². The minimum Gasteiger partial charge on any atom is -0.495 e. The molecule has 7 nitrogen and oxygen atoms in total. The Morgan fingerprint density at radius 3 is 2.62 bits per heavy atom. The molecule has 110 valence electrons. The summed E-state index contributed by atoms with van der Waals surface area (Å²) in [7, 11) is 1.54. The van der Waals surface area contributed by atoms with Crippen molar-refractivity contribution in [1.29, 1.82) is 0 Å². The first-order valence-corrected chi connectivity index (χ1v) is 7.21. The molecule has 0 aliphatic carbocycles. The summed E-state index contributed by atoms with van der Waals surface area (Å²) >= 11 is 6.75. The van der Waals surface area contributed by atoms with E-state index < -0.39 is 4.92 Å². The van der Waals surface area contributed by atoms with E-state index in [9.17, 15) is 10.1 Å². The number of ether oxygens (including phenoxy) is 1. The van der Waals surface area contributed by atoms with Crippen LogP contribution >= 0.6 is 31.9 Å². The Balaban J connectivity index is 2.40. The third-order valence-corrected chi connectivity index (χ3v) is 3.82. The van der Waals surface area contributed by atoms with Gasteiger partial charge >= 0.3 is 0 Å². The van der Waals surface area contributed by atoms with Crippen molar-refractivity contribution in [2.45, 2.75) is 0 Å². The molecule has 0 amide bonds. The molecule has 21 heavy (non-hydrogen) atoms. The average molecular weight is 418 g/mol. The Morgan fingerprint density at radius 2 is 2.00 bits per heavy atom. The zero-order valence-electron chi connectivity index (χ0n) is 10.8. The summed E-state index contributed by atoms with van der Waals surface area (Å²) in [4.78, 5) is 14.3. The largest absolute Gasteiger partial charge is 0.495 e. The summed E-state index contributed by atoms with van der Waals surface area (Å²) in [5.74, 6) is 0.942. The number of pyridine rings is 1. The Bertz CT molecular complexity index is 709. The fraction of sp³-hybridized carbons (Fsp3) is 0.0833. The topological polar surface area (TPSA) is 103 Å². The van der Waals surface area contributed by atoms with Crippen molar-refractivity contribution in [2.24, 2.45) is 0 Å². The molecule has 0 unspecified atom stereocenters. The minimum absolute atomic E-state index is 0.0619. The van der Waals surface area contributed by atoms with Crippen LogP contribution in [0.1, 0.15) is 0 Å². The van der Waals surface area contributed by atoms with Crippen molar-refractivity contribution < 1.29 is 9.66 Å². The molecule has 0 saturated carbocycles. The monoisotopic (exact) mass is 416 g/mol. The van der Waals surface area contributed by atoms with E-state index in [1.807, 2.05) is 0 Å². The number of hydrogen-bond acceptors (Lipinski definition) is 6. The van der Waals surface area contributed by atoms with Gasteiger partial charge in [-0.2, -0.15) is 0 Å². The maximum atomic E-state index is 10.8. The van der Waals surface area contributed by atoms with E-state index in [-0.39, 0.29) is 17.3 Å². The van der Waals surface area contributed by atoms with Crippen molar-refractivity contribution in [3.8, 4) is 5.75 Å². The van der Waals surface area contributed by atoms with Gasteiger partial charge in [-0.15, -0.1) is 0 Å². The van der Waals surface area contributed by atoms with Gasteiger partial charge in [-0.25, -0.2) is 4.98 Å². The molecule has 1 heterocycles. The number of rotatable bonds is 4. The van der Waals surface area contributed by atoms with Crippen molar-refractivity contribution in [3.63, 3.8) is 0 Å². The fourth-order valence-corrected chi connectivity index (χ4v) is 2.88. The number of methoxy groups -OCH3 is 1. The molecule has 2 rings (SSSR count). The number of aromatic nitrogens is 1. The van der Waals surface area contributed by atoms with Crippen LogP contribution in [0, 0.1) is 10.1 Å². The normalized spacial score (nSPS) is 10.2. The van der Waals surface area contributed by atoms with Gasteiger partial charge in [0.05, 0.1) is 34.3 Å². The number of nitrogens with zero attached hydrogens (tertiary/aromatic N) is 2. The van der Waals surface area contributed by atoms with Gasteiger partial charge in [0.2, 0.25) is 0 Å². The lowest BCUT2D eigenvalue weighted by atomic mass is 10.3. The smallest absolute Gasteiger partial charge is 0.276 e. The number of halogens is 2. The van der Waals surface area contributed by atoms with Crippen LogP contribution in [-0.2, 0) is 0 Å². The summed E-state index contributed by atoms with van der Waals surface area (Å²) in [6.07, 6.45) is 0. The first-order valence-electron chi connectivity index (χ1n) is 5.62. The van der Waals surface area contributed by atoms with Crippen LogP contribution in [0.5, 0.6) is 5.75 Å². The van der Waals surface area contributed by atoms with Gasteiger partial charge in [0.1, 0.15) is 17.4 Å². The second-order valence-electron chi connectivity index (χ2n) is 3.98. The number of anilines is 3. The van der Waals surface area contributed by atoms with Crippen molar-refractivity contribution >= 4 is 54.9 Å². The van der Waals surface area contributed by atoms with Crippen LogP contribution in [0.4, 0.5) is 23.0 Å². The maximum absolute atomic E-state index is 10.8. The van der Waals surface area contributed by atoms with Crippen molar-refractivity contribution in [2.75, 3.05) is 18.2 Å². The highest BCUT2D eigenvalue weighted by molar-refractivity contribution is 9.11. The molecule has 2 aromatic rings. The Labute approximate surface area is 136 Å². The molecular weight excluding hydrogens is 408 g/mol. The van der Waals surface area contributed by atoms with Gasteiger partial charge < -0.3 is 15.8 Å².